The summed E-state index contributed by atoms with van der Waals surface area (Å²) in [5, 5.41) is 7.19. The van der Waals surface area contributed by atoms with E-state index in [1.165, 1.54) is 24.4 Å². The Bertz CT molecular complexity index is 673. The minimum Gasteiger partial charge on any atom is -0.218 e. The second kappa shape index (κ2) is 4.36. The van der Waals surface area contributed by atoms with E-state index in [4.69, 9.17) is 6.42 Å². The predicted molar refractivity (Wildman–Crippen MR) is 61.9 cm³/mol. The lowest BCUT2D eigenvalue weighted by Crippen LogP contribution is -2.06. The predicted octanol–water partition coefficient (Wildman–Crippen LogP) is 1.29. The summed E-state index contributed by atoms with van der Waals surface area (Å²) >= 11 is 0. The summed E-state index contributed by atoms with van der Waals surface area (Å²) in [5.74, 6) is 2.22. The number of nitrogens with zero attached hydrogens (tertiary/aromatic N) is 2. The first-order chi connectivity index (χ1) is 8.16. The average molecular weight is 244 g/mol. The number of sulfone groups is 1. The maximum absolute atomic E-state index is 12.3. The second-order valence-corrected chi connectivity index (χ2v) is 5.12. The van der Waals surface area contributed by atoms with Gasteiger partial charge >= 0.3 is 0 Å². The maximum atomic E-state index is 12.3. The van der Waals surface area contributed by atoms with Gasteiger partial charge in [-0.05, 0) is 24.1 Å². The molecule has 2 aromatic rings. The molecule has 0 bridgehead atoms. The molecule has 0 saturated heterocycles. The third kappa shape index (κ3) is 2.03. The van der Waals surface area contributed by atoms with Gasteiger partial charge in [0.1, 0.15) is 4.90 Å². The van der Waals surface area contributed by atoms with Gasteiger partial charge in [0.2, 0.25) is 9.84 Å². The van der Waals surface area contributed by atoms with E-state index in [2.05, 4.69) is 16.1 Å². The minimum absolute atomic E-state index is 0.00111. The molecule has 2 rings (SSSR count). The molecule has 1 heterocycles. The minimum atomic E-state index is -3.63. The van der Waals surface area contributed by atoms with Gasteiger partial charge in [-0.1, -0.05) is 18.2 Å². The Morgan fingerprint density at radius 2 is 1.82 bits per heavy atom. The van der Waals surface area contributed by atoms with Gasteiger partial charge in [0, 0.05) is 0 Å². The van der Waals surface area contributed by atoms with Crippen molar-refractivity contribution in [3.05, 3.63) is 48.3 Å². The summed E-state index contributed by atoms with van der Waals surface area (Å²) in [6.45, 7) is 0. The molecule has 17 heavy (non-hydrogen) atoms. The molecule has 0 amide bonds. The van der Waals surface area contributed by atoms with Crippen LogP contribution in [0.4, 0.5) is 0 Å². The van der Waals surface area contributed by atoms with Crippen molar-refractivity contribution in [3.8, 4) is 12.3 Å². The number of rotatable bonds is 2. The van der Waals surface area contributed by atoms with Gasteiger partial charge in [-0.15, -0.1) is 11.5 Å². The third-order valence-electron chi connectivity index (χ3n) is 2.16. The van der Waals surface area contributed by atoms with Crippen LogP contribution in [0.1, 0.15) is 5.69 Å². The number of hydrogen-bond donors (Lipinski definition) is 0. The molecule has 0 aliphatic carbocycles. The molecule has 4 nitrogen and oxygen atoms in total. The van der Waals surface area contributed by atoms with Crippen molar-refractivity contribution < 1.29 is 8.42 Å². The lowest BCUT2D eigenvalue weighted by atomic mass is 10.4. The van der Waals surface area contributed by atoms with E-state index in [-0.39, 0.29) is 15.5 Å². The Morgan fingerprint density at radius 1 is 1.12 bits per heavy atom. The van der Waals surface area contributed by atoms with Crippen molar-refractivity contribution >= 4 is 9.84 Å². The maximum Gasteiger partial charge on any atom is 0.209 e. The zero-order valence-corrected chi connectivity index (χ0v) is 9.55. The first kappa shape index (κ1) is 11.3. The molecule has 0 saturated carbocycles. The molecule has 1 aromatic carbocycles. The first-order valence-corrected chi connectivity index (χ1v) is 6.23. The quantitative estimate of drug-likeness (QED) is 0.747. The first-order valence-electron chi connectivity index (χ1n) is 4.74. The Kier molecular flexibility index (Phi) is 2.90. The molecule has 0 atom stereocenters. The van der Waals surface area contributed by atoms with Crippen LogP contribution in [0.25, 0.3) is 0 Å². The van der Waals surface area contributed by atoms with Crippen LogP contribution < -0.4 is 0 Å². The highest BCUT2D eigenvalue weighted by molar-refractivity contribution is 7.91. The van der Waals surface area contributed by atoms with Gasteiger partial charge in [0.05, 0.1) is 11.1 Å². The molecular formula is C12H8N2O2S. The smallest absolute Gasteiger partial charge is 0.209 e. The fourth-order valence-corrected chi connectivity index (χ4v) is 2.73. The van der Waals surface area contributed by atoms with Crippen molar-refractivity contribution in [3.63, 3.8) is 0 Å². The van der Waals surface area contributed by atoms with Crippen molar-refractivity contribution in [1.82, 2.24) is 10.2 Å². The van der Waals surface area contributed by atoms with E-state index in [9.17, 15) is 8.42 Å². The van der Waals surface area contributed by atoms with Gasteiger partial charge in [0.15, 0.2) is 5.69 Å². The van der Waals surface area contributed by atoms with Crippen LogP contribution >= 0.6 is 0 Å². The zero-order chi connectivity index (χ0) is 12.3. The Morgan fingerprint density at radius 3 is 2.47 bits per heavy atom. The van der Waals surface area contributed by atoms with Crippen LogP contribution in [-0.2, 0) is 9.84 Å². The molecule has 0 fully saturated rings. The molecule has 0 aliphatic rings. The van der Waals surface area contributed by atoms with E-state index < -0.39 is 9.84 Å². The van der Waals surface area contributed by atoms with E-state index in [0.29, 0.717) is 0 Å². The summed E-state index contributed by atoms with van der Waals surface area (Å²) in [4.78, 5) is 0.186. The van der Waals surface area contributed by atoms with Gasteiger partial charge in [-0.2, -0.15) is 5.10 Å². The molecule has 84 valence electrons. The Labute approximate surface area is 99.3 Å². The Balaban J connectivity index is 2.66. The average Bonchev–Trinajstić information content (AvgIpc) is 2.39. The van der Waals surface area contributed by atoms with Crippen LogP contribution in [0.15, 0.2) is 52.4 Å². The SMILES string of the molecule is C#Cc1nnccc1S(=O)(=O)c1ccccc1. The van der Waals surface area contributed by atoms with Crippen LogP contribution in [0.5, 0.6) is 0 Å². The second-order valence-electron chi connectivity index (χ2n) is 3.20. The van der Waals surface area contributed by atoms with Gasteiger partial charge in [-0.3, -0.25) is 0 Å². The summed E-state index contributed by atoms with van der Waals surface area (Å²) < 4.78 is 24.5. The zero-order valence-electron chi connectivity index (χ0n) is 8.74. The standard InChI is InChI=1S/C12H8N2O2S/c1-2-11-12(8-9-13-14-11)17(15,16)10-6-4-3-5-7-10/h1,3-9H. The summed E-state index contributed by atoms with van der Waals surface area (Å²) in [6, 6.07) is 9.41. The van der Waals surface area contributed by atoms with E-state index in [1.54, 1.807) is 18.2 Å². The highest BCUT2D eigenvalue weighted by Crippen LogP contribution is 2.21. The lowest BCUT2D eigenvalue weighted by molar-refractivity contribution is 0.595. The van der Waals surface area contributed by atoms with Crippen LogP contribution in [0, 0.1) is 12.3 Å². The van der Waals surface area contributed by atoms with Crippen molar-refractivity contribution in [2.24, 2.45) is 0 Å². The highest BCUT2D eigenvalue weighted by Gasteiger charge is 2.21. The van der Waals surface area contributed by atoms with Crippen molar-refractivity contribution in [2.75, 3.05) is 0 Å². The topological polar surface area (TPSA) is 59.9 Å². The van der Waals surface area contributed by atoms with Crippen molar-refractivity contribution in [2.45, 2.75) is 9.79 Å². The summed E-state index contributed by atoms with van der Waals surface area (Å²) in [5.41, 5.74) is 0.0244. The van der Waals surface area contributed by atoms with Gasteiger partial charge in [-0.25, -0.2) is 8.42 Å². The van der Waals surface area contributed by atoms with E-state index in [1.807, 2.05) is 0 Å². The molecule has 0 spiro atoms. The summed E-state index contributed by atoms with van der Waals surface area (Å²) in [6.07, 6.45) is 6.51. The summed E-state index contributed by atoms with van der Waals surface area (Å²) in [7, 11) is -3.63. The van der Waals surface area contributed by atoms with E-state index >= 15 is 0 Å². The molecule has 0 N–H and O–H groups in total. The number of terminal acetylenes is 1. The highest BCUT2D eigenvalue weighted by atomic mass is 32.2. The van der Waals surface area contributed by atoms with Gasteiger partial charge in [0.25, 0.3) is 0 Å². The molecule has 0 radical (unpaired) electrons. The number of hydrogen-bond acceptors (Lipinski definition) is 4. The Hall–Kier alpha value is -2.19. The van der Waals surface area contributed by atoms with Crippen LogP contribution in [0.3, 0.4) is 0 Å². The normalized spacial score (nSPS) is 10.8. The molecule has 5 heteroatoms. The molecule has 0 unspecified atom stereocenters. The fraction of sp³-hybridized carbons (Fsp3) is 0. The van der Waals surface area contributed by atoms with Crippen LogP contribution in [0.2, 0.25) is 0 Å². The third-order valence-corrected chi connectivity index (χ3v) is 3.96. The van der Waals surface area contributed by atoms with E-state index in [0.717, 1.165) is 0 Å². The molecular weight excluding hydrogens is 236 g/mol. The van der Waals surface area contributed by atoms with Crippen LogP contribution in [-0.4, -0.2) is 18.6 Å². The van der Waals surface area contributed by atoms with Crippen molar-refractivity contribution in [1.29, 1.82) is 0 Å². The van der Waals surface area contributed by atoms with Gasteiger partial charge < -0.3 is 0 Å². The molecule has 0 aliphatic heterocycles. The number of benzene rings is 1. The monoisotopic (exact) mass is 244 g/mol. The number of aromatic nitrogens is 2. The fourth-order valence-electron chi connectivity index (χ4n) is 1.36. The lowest BCUT2D eigenvalue weighted by Gasteiger charge is -2.04. The molecule has 1 aromatic heterocycles. The largest absolute Gasteiger partial charge is 0.218 e.